The molecule has 0 aliphatic heterocycles. The molecule has 0 aliphatic carbocycles. The van der Waals surface area contributed by atoms with Crippen LogP contribution in [0.2, 0.25) is 30.3 Å². The highest BCUT2D eigenvalue weighted by atomic mass is 35.8. The quantitative estimate of drug-likeness (QED) is 0.238. The van der Waals surface area contributed by atoms with Crippen LogP contribution in [-0.4, -0.2) is 25.4 Å². The van der Waals surface area contributed by atoms with Crippen molar-refractivity contribution < 1.29 is 0 Å². The standard InChI is InChI=1S/2C3H7Cl5Si2/c1-9(4,5)2-3-10(6,7)8;1-3(9(2,4)5)10(6,7)8/h2-3H2,1H3;3H,1-2H3. The van der Waals surface area contributed by atoms with E-state index in [-0.39, 0.29) is 5.16 Å². The number of halogens is 10. The van der Waals surface area contributed by atoms with Crippen molar-refractivity contribution in [1.29, 1.82) is 0 Å². The Bertz CT molecular complexity index is 245. The van der Waals surface area contributed by atoms with E-state index in [2.05, 4.69) is 0 Å². The maximum atomic E-state index is 5.85. The van der Waals surface area contributed by atoms with Crippen molar-refractivity contribution in [2.24, 2.45) is 0 Å². The van der Waals surface area contributed by atoms with Crippen LogP contribution < -0.4 is 0 Å². The second-order valence-electron chi connectivity index (χ2n) is 4.40. The van der Waals surface area contributed by atoms with E-state index in [4.69, 9.17) is 111 Å². The lowest BCUT2D eigenvalue weighted by molar-refractivity contribution is 1.30. The molecule has 0 aromatic carbocycles. The summed E-state index contributed by atoms with van der Waals surface area (Å²) < 4.78 is 0. The van der Waals surface area contributed by atoms with Crippen LogP contribution in [0.4, 0.5) is 0 Å². The Morgan fingerprint density at radius 3 is 1.10 bits per heavy atom. The summed E-state index contributed by atoms with van der Waals surface area (Å²) in [6, 6.07) is -3.94. The summed E-state index contributed by atoms with van der Waals surface area (Å²) in [5, 5.41) is -0.131. The van der Waals surface area contributed by atoms with Crippen LogP contribution in [-0.2, 0) is 0 Å². The molecule has 14 heteroatoms. The number of rotatable bonds is 5. The first kappa shape index (κ1) is 26.0. The normalized spacial score (nSPS) is 15.4. The molecule has 0 nitrogen and oxygen atoms in total. The van der Waals surface area contributed by atoms with Crippen LogP contribution in [0, 0.1) is 0 Å². The van der Waals surface area contributed by atoms with Gasteiger partial charge in [0.2, 0.25) is 6.69 Å². The lowest BCUT2D eigenvalue weighted by Crippen LogP contribution is -2.33. The van der Waals surface area contributed by atoms with Gasteiger partial charge in [-0.3, -0.25) is 0 Å². The van der Waals surface area contributed by atoms with E-state index in [1.54, 1.807) is 13.5 Å². The molecule has 0 aliphatic rings. The Balaban J connectivity index is 0. The van der Waals surface area contributed by atoms with Gasteiger partial charge in [-0.25, -0.2) is 0 Å². The van der Waals surface area contributed by atoms with Crippen molar-refractivity contribution in [3.05, 3.63) is 0 Å². The lowest BCUT2D eigenvalue weighted by Gasteiger charge is -2.24. The summed E-state index contributed by atoms with van der Waals surface area (Å²) in [4.78, 5) is 0. The van der Waals surface area contributed by atoms with Gasteiger partial charge in [0.25, 0.3) is 6.69 Å². The fraction of sp³-hybridized carbons (Fsp3) is 1.00. The highest BCUT2D eigenvalue weighted by Crippen LogP contribution is 2.43. The third kappa shape index (κ3) is 18.1. The molecule has 0 spiro atoms. The zero-order chi connectivity index (χ0) is 17.0. The molecule has 0 aromatic heterocycles. The number of hydrogen-bond acceptors (Lipinski definition) is 0. The van der Waals surface area contributed by atoms with Crippen molar-refractivity contribution in [1.82, 2.24) is 0 Å². The molecular formula is C6H14Cl10Si4. The largest absolute Gasteiger partial charge is 0.343 e. The minimum Gasteiger partial charge on any atom is -0.146 e. The van der Waals surface area contributed by atoms with E-state index >= 15 is 0 Å². The molecule has 0 saturated carbocycles. The van der Waals surface area contributed by atoms with Crippen LogP contribution in [0.1, 0.15) is 6.92 Å². The van der Waals surface area contributed by atoms with Crippen LogP contribution in [0.25, 0.3) is 0 Å². The molecule has 1 atom stereocenters. The monoisotopic (exact) mass is 548 g/mol. The van der Waals surface area contributed by atoms with Crippen LogP contribution >= 0.6 is 111 Å². The van der Waals surface area contributed by atoms with E-state index < -0.39 is 25.4 Å². The molecule has 20 heavy (non-hydrogen) atoms. The van der Waals surface area contributed by atoms with E-state index in [0.717, 1.165) is 0 Å². The minimum absolute atomic E-state index is 0.131. The molecule has 0 N–H and O–H groups in total. The van der Waals surface area contributed by atoms with Gasteiger partial charge in [0, 0.05) is 5.16 Å². The fourth-order valence-electron chi connectivity index (χ4n) is 0.649. The van der Waals surface area contributed by atoms with Crippen LogP contribution in [0.3, 0.4) is 0 Å². The van der Waals surface area contributed by atoms with E-state index in [1.165, 1.54) is 0 Å². The van der Waals surface area contributed by atoms with Gasteiger partial charge < -0.3 is 0 Å². The van der Waals surface area contributed by atoms with Crippen molar-refractivity contribution in [2.45, 2.75) is 37.3 Å². The van der Waals surface area contributed by atoms with Crippen LogP contribution in [0.15, 0.2) is 0 Å². The molecule has 0 heterocycles. The fourth-order valence-corrected chi connectivity index (χ4v) is 21.9. The van der Waals surface area contributed by atoms with E-state index in [1.807, 2.05) is 6.55 Å². The van der Waals surface area contributed by atoms with E-state index in [9.17, 15) is 0 Å². The summed E-state index contributed by atoms with van der Waals surface area (Å²) >= 11 is 57.2. The zero-order valence-electron chi connectivity index (χ0n) is 10.8. The maximum absolute atomic E-state index is 5.85. The minimum atomic E-state index is -2.68. The van der Waals surface area contributed by atoms with E-state index in [0.29, 0.717) is 12.1 Å². The molecule has 0 aromatic rings. The van der Waals surface area contributed by atoms with Gasteiger partial charge >= 0.3 is 12.0 Å². The summed E-state index contributed by atoms with van der Waals surface area (Å²) in [5.41, 5.74) is 0. The first-order chi connectivity index (χ1) is 8.36. The molecule has 0 rings (SSSR count). The van der Waals surface area contributed by atoms with Crippen LogP contribution in [0.5, 0.6) is 0 Å². The first-order valence-corrected chi connectivity index (χ1v) is 24.9. The topological polar surface area (TPSA) is 0 Å². The van der Waals surface area contributed by atoms with Gasteiger partial charge in [0.05, 0.1) is 0 Å². The van der Waals surface area contributed by atoms with Crippen molar-refractivity contribution in [3.63, 3.8) is 0 Å². The average molecular weight is 553 g/mol. The van der Waals surface area contributed by atoms with Gasteiger partial charge in [-0.2, -0.15) is 0 Å². The molecular weight excluding hydrogens is 539 g/mol. The third-order valence-electron chi connectivity index (χ3n) is 2.10. The Kier molecular flexibility index (Phi) is 13.1. The maximum Gasteiger partial charge on any atom is 0.343 e. The molecule has 1 unspecified atom stereocenters. The predicted octanol–water partition coefficient (Wildman–Crippen LogP) is 8.31. The Hall–Kier alpha value is 3.77. The molecule has 124 valence electrons. The Morgan fingerprint density at radius 1 is 0.700 bits per heavy atom. The van der Waals surface area contributed by atoms with Crippen molar-refractivity contribution in [3.8, 4) is 0 Å². The van der Waals surface area contributed by atoms with Gasteiger partial charge in [-0.15, -0.1) is 111 Å². The highest BCUT2D eigenvalue weighted by Gasteiger charge is 2.45. The molecule has 0 fully saturated rings. The Morgan fingerprint density at radius 2 is 1.05 bits per heavy atom. The summed E-state index contributed by atoms with van der Waals surface area (Å²) in [6.07, 6.45) is 0. The second-order valence-corrected chi connectivity index (χ2v) is 39.6. The molecule has 0 saturated heterocycles. The van der Waals surface area contributed by atoms with Crippen molar-refractivity contribution in [2.75, 3.05) is 0 Å². The molecule has 0 amide bonds. The van der Waals surface area contributed by atoms with Gasteiger partial charge in [0.15, 0.2) is 0 Å². The number of hydrogen-bond donors (Lipinski definition) is 0. The summed E-state index contributed by atoms with van der Waals surface area (Å²) in [7, 11) is 0. The Labute approximate surface area is 171 Å². The van der Waals surface area contributed by atoms with Crippen molar-refractivity contribution >= 4 is 136 Å². The van der Waals surface area contributed by atoms with Gasteiger partial charge in [-0.05, 0) is 25.2 Å². The molecule has 0 bridgehead atoms. The SMILES string of the molecule is CC([Si](C)(Cl)Cl)[Si](Cl)(Cl)Cl.C[Si](Cl)(Cl)CC[Si](Cl)(Cl)Cl. The smallest absolute Gasteiger partial charge is 0.146 e. The molecule has 0 radical (unpaired) electrons. The summed E-state index contributed by atoms with van der Waals surface area (Å²) in [6.45, 7) is 1.05. The second kappa shape index (κ2) is 10.0. The van der Waals surface area contributed by atoms with Gasteiger partial charge in [-0.1, -0.05) is 6.92 Å². The third-order valence-corrected chi connectivity index (χ3v) is 20.6. The van der Waals surface area contributed by atoms with Gasteiger partial charge in [0.1, 0.15) is 0 Å². The summed E-state index contributed by atoms with van der Waals surface area (Å²) in [5.74, 6) is 0. The highest BCUT2D eigenvalue weighted by molar-refractivity contribution is 7.70. The average Bonchev–Trinajstić information content (AvgIpc) is 2.09. The zero-order valence-corrected chi connectivity index (χ0v) is 22.3. The first-order valence-electron chi connectivity index (χ1n) is 5.25. The predicted molar refractivity (Wildman–Crippen MR) is 112 cm³/mol. The lowest BCUT2D eigenvalue weighted by atomic mass is 10.9.